The number of likely N-dealkylation sites (N-methyl/N-ethyl adjacent to an activating group) is 1. The first-order chi connectivity index (χ1) is 18.6. The van der Waals surface area contributed by atoms with Crippen LogP contribution in [0.2, 0.25) is 0 Å². The predicted octanol–water partition coefficient (Wildman–Crippen LogP) is 4.22. The molecular weight excluding hydrogens is 498 g/mol. The standard InChI is InChI=1S/C31H49NO7/c1-6-8-9-10-11-12-13-14-15-16-17-18-19-20-21-22-30(34)39-27(26-38-29(33)7-2)25-37-24-23-28(31(35)36)32(3,4)5/h8-9,11-12,14-15,17-18,20-21,27-28H,6-7,10,13,16,19,22-26H2,1-5H3/b9-8-,12-11-,15-14-,18-17-,21-20-. The normalized spacial score (nSPS) is 14.2. The number of nitrogens with zero attached hydrogens (tertiary/aromatic N) is 1. The van der Waals surface area contributed by atoms with Gasteiger partial charge in [0.05, 0.1) is 46.7 Å². The topological polar surface area (TPSA) is 102 Å². The molecule has 0 aliphatic carbocycles. The Hall–Kier alpha value is -2.97. The van der Waals surface area contributed by atoms with E-state index in [1.807, 2.05) is 12.2 Å². The van der Waals surface area contributed by atoms with E-state index in [-0.39, 0.29) is 43.6 Å². The number of carbonyl (C=O) groups is 3. The van der Waals surface area contributed by atoms with Gasteiger partial charge in [0.15, 0.2) is 6.10 Å². The van der Waals surface area contributed by atoms with Crippen molar-refractivity contribution in [1.29, 1.82) is 0 Å². The van der Waals surface area contributed by atoms with Crippen LogP contribution in [0.5, 0.6) is 0 Å². The smallest absolute Gasteiger partial charge is 0.310 e. The van der Waals surface area contributed by atoms with E-state index in [1.165, 1.54) is 0 Å². The maximum Gasteiger partial charge on any atom is 0.310 e. The molecule has 0 fully saturated rings. The van der Waals surface area contributed by atoms with Gasteiger partial charge >= 0.3 is 11.9 Å². The average Bonchev–Trinajstić information content (AvgIpc) is 2.87. The Bertz CT molecular complexity index is 834. The third-order valence-corrected chi connectivity index (χ3v) is 5.51. The monoisotopic (exact) mass is 547 g/mol. The fourth-order valence-corrected chi connectivity index (χ4v) is 3.30. The summed E-state index contributed by atoms with van der Waals surface area (Å²) in [5, 5.41) is 11.4. The van der Waals surface area contributed by atoms with E-state index in [0.717, 1.165) is 25.7 Å². The molecule has 0 heterocycles. The molecule has 220 valence electrons. The molecule has 0 aliphatic rings. The maximum absolute atomic E-state index is 12.3. The van der Waals surface area contributed by atoms with E-state index in [9.17, 15) is 19.5 Å². The Labute approximate surface area is 235 Å². The summed E-state index contributed by atoms with van der Waals surface area (Å²) in [4.78, 5) is 35.2. The Morgan fingerprint density at radius 1 is 0.744 bits per heavy atom. The lowest BCUT2D eigenvalue weighted by atomic mass is 10.1. The zero-order valence-corrected chi connectivity index (χ0v) is 24.5. The first-order valence-electron chi connectivity index (χ1n) is 13.8. The number of carboxylic acid groups (broad SMARTS) is 1. The van der Waals surface area contributed by atoms with Crippen molar-refractivity contribution in [3.05, 3.63) is 60.8 Å². The molecule has 0 bridgehead atoms. The van der Waals surface area contributed by atoms with Crippen LogP contribution in [0.3, 0.4) is 0 Å². The molecule has 0 saturated heterocycles. The summed E-state index contributed by atoms with van der Waals surface area (Å²) in [7, 11) is 5.30. The molecule has 0 aliphatic heterocycles. The van der Waals surface area contributed by atoms with Crippen molar-refractivity contribution in [1.82, 2.24) is 0 Å². The molecule has 0 spiro atoms. The number of allylic oxidation sites excluding steroid dienone is 9. The van der Waals surface area contributed by atoms with E-state index >= 15 is 0 Å². The van der Waals surface area contributed by atoms with Crippen LogP contribution in [0.1, 0.15) is 65.2 Å². The minimum atomic E-state index is -1.15. The fourth-order valence-electron chi connectivity index (χ4n) is 3.30. The average molecular weight is 548 g/mol. The predicted molar refractivity (Wildman–Crippen MR) is 152 cm³/mol. The molecule has 8 nitrogen and oxygen atoms in total. The highest BCUT2D eigenvalue weighted by molar-refractivity contribution is 5.71. The van der Waals surface area contributed by atoms with Gasteiger partial charge in [-0.05, 0) is 32.1 Å². The molecule has 0 saturated carbocycles. The number of hydrogen-bond donors (Lipinski definition) is 0. The molecule has 0 aromatic rings. The van der Waals surface area contributed by atoms with Crippen molar-refractivity contribution in [3.63, 3.8) is 0 Å². The Balaban J connectivity index is 4.41. The molecule has 0 aromatic heterocycles. The number of esters is 2. The summed E-state index contributed by atoms with van der Waals surface area (Å²) in [6, 6.07) is -0.737. The number of carbonyl (C=O) groups excluding carboxylic acids is 3. The number of rotatable bonds is 22. The summed E-state index contributed by atoms with van der Waals surface area (Å²) in [6.45, 7) is 3.81. The van der Waals surface area contributed by atoms with Crippen molar-refractivity contribution in [2.75, 3.05) is 41.0 Å². The number of quaternary nitrogens is 1. The van der Waals surface area contributed by atoms with Crippen molar-refractivity contribution < 1.29 is 38.2 Å². The summed E-state index contributed by atoms with van der Waals surface area (Å²) in [5.74, 6) is -2.02. The van der Waals surface area contributed by atoms with Crippen LogP contribution < -0.4 is 5.11 Å². The fraction of sp³-hybridized carbons (Fsp3) is 0.581. The molecule has 2 atom stereocenters. The highest BCUT2D eigenvalue weighted by atomic mass is 16.6. The summed E-state index contributed by atoms with van der Waals surface area (Å²) in [6.07, 6.45) is 24.9. The number of carboxylic acids is 1. The molecule has 2 unspecified atom stereocenters. The van der Waals surface area contributed by atoms with Gasteiger partial charge in [-0.15, -0.1) is 0 Å². The third-order valence-electron chi connectivity index (χ3n) is 5.51. The van der Waals surface area contributed by atoms with E-state index in [4.69, 9.17) is 14.2 Å². The molecule has 39 heavy (non-hydrogen) atoms. The molecular formula is C31H49NO7. The lowest BCUT2D eigenvalue weighted by Crippen LogP contribution is -2.55. The minimum Gasteiger partial charge on any atom is -0.544 e. The van der Waals surface area contributed by atoms with Crippen LogP contribution in [-0.2, 0) is 28.6 Å². The second-order valence-electron chi connectivity index (χ2n) is 9.88. The largest absolute Gasteiger partial charge is 0.544 e. The van der Waals surface area contributed by atoms with E-state index in [1.54, 1.807) is 34.1 Å². The third kappa shape index (κ3) is 21.6. The zero-order chi connectivity index (χ0) is 29.4. The Morgan fingerprint density at radius 3 is 1.72 bits per heavy atom. The van der Waals surface area contributed by atoms with E-state index in [0.29, 0.717) is 6.42 Å². The van der Waals surface area contributed by atoms with Gasteiger partial charge in [0, 0.05) is 12.8 Å². The van der Waals surface area contributed by atoms with Crippen LogP contribution in [-0.4, -0.2) is 75.5 Å². The van der Waals surface area contributed by atoms with E-state index in [2.05, 4.69) is 49.5 Å². The SMILES string of the molecule is CC/C=C\C/C=C\C/C=C\C/C=C\C/C=C\CC(=O)OC(COCCC(C(=O)[O-])[N+](C)(C)C)COC(=O)CC. The van der Waals surface area contributed by atoms with Gasteiger partial charge in [-0.1, -0.05) is 74.6 Å². The van der Waals surface area contributed by atoms with Crippen molar-refractivity contribution in [2.45, 2.75) is 77.4 Å². The number of ether oxygens (including phenoxy) is 3. The van der Waals surface area contributed by atoms with Gasteiger partial charge in [0.25, 0.3) is 0 Å². The van der Waals surface area contributed by atoms with Crippen LogP contribution in [0.15, 0.2) is 60.8 Å². The van der Waals surface area contributed by atoms with Gasteiger partial charge in [0.1, 0.15) is 12.6 Å². The second-order valence-corrected chi connectivity index (χ2v) is 9.88. The number of aliphatic carboxylic acids is 1. The van der Waals surface area contributed by atoms with Gasteiger partial charge in [-0.3, -0.25) is 9.59 Å². The first-order valence-corrected chi connectivity index (χ1v) is 13.8. The highest BCUT2D eigenvalue weighted by Crippen LogP contribution is 2.08. The second kappa shape index (κ2) is 23.0. The van der Waals surface area contributed by atoms with Crippen LogP contribution in [0, 0.1) is 0 Å². The molecule has 8 heteroatoms. The minimum absolute atomic E-state index is 0.00862. The van der Waals surface area contributed by atoms with Gasteiger partial charge in [0.2, 0.25) is 0 Å². The summed E-state index contributed by atoms with van der Waals surface area (Å²) in [5.41, 5.74) is 0. The molecule has 0 rings (SSSR count). The van der Waals surface area contributed by atoms with Gasteiger partial charge in [-0.2, -0.15) is 0 Å². The quantitative estimate of drug-likeness (QED) is 0.0865. The molecule has 0 N–H and O–H groups in total. The Kier molecular flexibility index (Phi) is 21.2. The van der Waals surface area contributed by atoms with Crippen LogP contribution in [0.25, 0.3) is 0 Å². The summed E-state index contributed by atoms with van der Waals surface area (Å²) < 4.78 is 16.3. The first kappa shape index (κ1) is 36.0. The van der Waals surface area contributed by atoms with Crippen LogP contribution >= 0.6 is 0 Å². The number of hydrogen-bond acceptors (Lipinski definition) is 7. The zero-order valence-electron chi connectivity index (χ0n) is 24.5. The van der Waals surface area contributed by atoms with Crippen molar-refractivity contribution in [2.24, 2.45) is 0 Å². The highest BCUT2D eigenvalue weighted by Gasteiger charge is 2.25. The van der Waals surface area contributed by atoms with Crippen molar-refractivity contribution in [3.8, 4) is 0 Å². The van der Waals surface area contributed by atoms with Crippen molar-refractivity contribution >= 4 is 17.9 Å². The maximum atomic E-state index is 12.3. The lowest BCUT2D eigenvalue weighted by Gasteiger charge is -2.34. The molecule has 0 aromatic carbocycles. The van der Waals surface area contributed by atoms with Crippen LogP contribution in [0.4, 0.5) is 0 Å². The molecule has 0 radical (unpaired) electrons. The van der Waals surface area contributed by atoms with Gasteiger partial charge in [-0.25, -0.2) is 0 Å². The Morgan fingerprint density at radius 2 is 1.26 bits per heavy atom. The molecule has 0 amide bonds. The van der Waals surface area contributed by atoms with Gasteiger partial charge < -0.3 is 28.6 Å². The summed E-state index contributed by atoms with van der Waals surface area (Å²) >= 11 is 0. The lowest BCUT2D eigenvalue weighted by molar-refractivity contribution is -0.889. The van der Waals surface area contributed by atoms with E-state index < -0.39 is 30.1 Å².